The van der Waals surface area contributed by atoms with Crippen molar-refractivity contribution in [2.75, 3.05) is 0 Å². The smallest absolute Gasteiger partial charge is 0.0822 e. The molecule has 2 rings (SSSR count). The van der Waals surface area contributed by atoms with Crippen molar-refractivity contribution in [3.8, 4) is 0 Å². The number of aromatic nitrogens is 2. The minimum atomic E-state index is 0.0994. The van der Waals surface area contributed by atoms with Gasteiger partial charge >= 0.3 is 0 Å². The van der Waals surface area contributed by atoms with Gasteiger partial charge in [-0.3, -0.25) is 0 Å². The fourth-order valence-electron chi connectivity index (χ4n) is 2.21. The Morgan fingerprint density at radius 1 is 0.875 bits per heavy atom. The molecule has 3 heteroatoms. The van der Waals surface area contributed by atoms with E-state index in [-0.39, 0.29) is 5.25 Å². The molecule has 2 aromatic rings. The molecule has 2 nitrogen and oxygen atoms in total. The predicted molar refractivity (Wildman–Crippen MR) is 71.4 cm³/mol. The molecule has 0 saturated carbocycles. The summed E-state index contributed by atoms with van der Waals surface area (Å²) in [6.45, 7) is 8.38. The van der Waals surface area contributed by atoms with Gasteiger partial charge in [0.25, 0.3) is 0 Å². The molecule has 16 heavy (non-hydrogen) atoms. The number of H-pyrrole nitrogens is 2. The van der Waals surface area contributed by atoms with Crippen LogP contribution in [0.1, 0.15) is 39.2 Å². The first-order valence-corrected chi connectivity index (χ1v) is 6.01. The predicted octanol–water partition coefficient (Wildman–Crippen LogP) is 3.60. The maximum atomic E-state index is 4.71. The van der Waals surface area contributed by atoms with E-state index in [9.17, 15) is 0 Å². The third-order valence-electron chi connectivity index (χ3n) is 2.93. The lowest BCUT2D eigenvalue weighted by Crippen LogP contribution is -1.98. The number of aromatic amines is 2. The molecule has 0 aromatic carbocycles. The standard InChI is InChI=1S/C13H18N2S/c1-7-5-9(3)14-11(7)13(16)12-8(2)6-10(4)15-12/h5-6,13-16H,1-4H3. The summed E-state index contributed by atoms with van der Waals surface area (Å²) in [7, 11) is 0. The average molecular weight is 234 g/mol. The molecule has 2 aromatic heterocycles. The zero-order chi connectivity index (χ0) is 11.9. The van der Waals surface area contributed by atoms with Crippen molar-refractivity contribution in [1.29, 1.82) is 0 Å². The lowest BCUT2D eigenvalue weighted by atomic mass is 10.1. The van der Waals surface area contributed by atoms with Crippen LogP contribution in [0, 0.1) is 27.7 Å². The zero-order valence-electron chi connectivity index (χ0n) is 10.2. The van der Waals surface area contributed by atoms with Crippen LogP contribution in [0.3, 0.4) is 0 Å². The molecule has 0 aliphatic carbocycles. The van der Waals surface area contributed by atoms with Crippen LogP contribution in [0.4, 0.5) is 0 Å². The summed E-state index contributed by atoms with van der Waals surface area (Å²) in [6.07, 6.45) is 0. The topological polar surface area (TPSA) is 31.6 Å². The van der Waals surface area contributed by atoms with Crippen LogP contribution in [0.25, 0.3) is 0 Å². The fraction of sp³-hybridized carbons (Fsp3) is 0.385. The SMILES string of the molecule is Cc1cc(C)c(C(S)c2[nH]c(C)cc2C)[nH]1. The van der Waals surface area contributed by atoms with Crippen molar-refractivity contribution in [2.45, 2.75) is 32.9 Å². The van der Waals surface area contributed by atoms with E-state index >= 15 is 0 Å². The maximum Gasteiger partial charge on any atom is 0.0822 e. The molecule has 0 atom stereocenters. The summed E-state index contributed by atoms with van der Waals surface area (Å²) in [5.41, 5.74) is 7.28. The summed E-state index contributed by atoms with van der Waals surface area (Å²) in [5.74, 6) is 0. The van der Waals surface area contributed by atoms with Gasteiger partial charge in [0.15, 0.2) is 0 Å². The van der Waals surface area contributed by atoms with Crippen LogP contribution in [-0.2, 0) is 0 Å². The molecule has 0 fully saturated rings. The molecule has 0 unspecified atom stereocenters. The van der Waals surface area contributed by atoms with E-state index in [1.165, 1.54) is 33.9 Å². The first kappa shape index (κ1) is 11.4. The Bertz CT molecular complexity index is 462. The molecule has 86 valence electrons. The van der Waals surface area contributed by atoms with Gasteiger partial charge in [-0.05, 0) is 51.0 Å². The van der Waals surface area contributed by atoms with Gasteiger partial charge in [-0.25, -0.2) is 0 Å². The number of thiol groups is 1. The first-order valence-electron chi connectivity index (χ1n) is 5.49. The van der Waals surface area contributed by atoms with Crippen molar-refractivity contribution >= 4 is 12.6 Å². The third-order valence-corrected chi connectivity index (χ3v) is 3.44. The van der Waals surface area contributed by atoms with Gasteiger partial charge in [-0.15, -0.1) is 0 Å². The summed E-state index contributed by atoms with van der Waals surface area (Å²) in [4.78, 5) is 6.77. The van der Waals surface area contributed by atoms with E-state index in [2.05, 4.69) is 49.8 Å². The number of hydrogen-bond donors (Lipinski definition) is 3. The molecule has 2 heterocycles. The zero-order valence-corrected chi connectivity index (χ0v) is 11.1. The van der Waals surface area contributed by atoms with Crippen LogP contribution in [-0.4, -0.2) is 9.97 Å². The summed E-state index contributed by atoms with van der Waals surface area (Å²) in [6, 6.07) is 4.31. The van der Waals surface area contributed by atoms with Crippen LogP contribution in [0.15, 0.2) is 12.1 Å². The second-order valence-corrected chi connectivity index (χ2v) is 5.02. The van der Waals surface area contributed by atoms with Crippen LogP contribution in [0.5, 0.6) is 0 Å². The summed E-state index contributed by atoms with van der Waals surface area (Å²) in [5, 5.41) is 0.0994. The molecule has 2 N–H and O–H groups in total. The maximum absolute atomic E-state index is 4.71. The minimum absolute atomic E-state index is 0.0994. The van der Waals surface area contributed by atoms with E-state index in [4.69, 9.17) is 12.6 Å². The molecule has 0 radical (unpaired) electrons. The second kappa shape index (κ2) is 4.06. The lowest BCUT2D eigenvalue weighted by molar-refractivity contribution is 0.987. The van der Waals surface area contributed by atoms with Gasteiger partial charge in [-0.1, -0.05) is 0 Å². The molecule has 0 aliphatic rings. The average Bonchev–Trinajstić information content (AvgIpc) is 2.68. The molecule has 0 saturated heterocycles. The fourth-order valence-corrected chi connectivity index (χ4v) is 2.75. The largest absolute Gasteiger partial charge is 0.361 e. The number of nitrogens with one attached hydrogen (secondary N) is 2. The van der Waals surface area contributed by atoms with Crippen molar-refractivity contribution in [2.24, 2.45) is 0 Å². The van der Waals surface area contributed by atoms with Gasteiger partial charge < -0.3 is 9.97 Å². The molecule has 0 bridgehead atoms. The van der Waals surface area contributed by atoms with Gasteiger partial charge in [0.05, 0.1) is 5.25 Å². The Kier molecular flexibility index (Phi) is 2.89. The van der Waals surface area contributed by atoms with Gasteiger partial charge in [0.2, 0.25) is 0 Å². The normalized spacial score (nSPS) is 11.4. The van der Waals surface area contributed by atoms with Crippen molar-refractivity contribution < 1.29 is 0 Å². The summed E-state index contributed by atoms with van der Waals surface area (Å²) >= 11 is 4.71. The Labute approximate surface area is 102 Å². The van der Waals surface area contributed by atoms with E-state index in [0.717, 1.165) is 0 Å². The van der Waals surface area contributed by atoms with Crippen molar-refractivity contribution in [1.82, 2.24) is 9.97 Å². The Hall–Kier alpha value is -1.09. The molecule has 0 spiro atoms. The first-order chi connectivity index (χ1) is 7.49. The van der Waals surface area contributed by atoms with Crippen LogP contribution >= 0.6 is 12.6 Å². The highest BCUT2D eigenvalue weighted by molar-refractivity contribution is 7.80. The number of rotatable bonds is 2. The van der Waals surface area contributed by atoms with Crippen LogP contribution < -0.4 is 0 Å². The quantitative estimate of drug-likeness (QED) is 0.663. The molecular weight excluding hydrogens is 216 g/mol. The van der Waals surface area contributed by atoms with E-state index in [0.29, 0.717) is 0 Å². The van der Waals surface area contributed by atoms with Gasteiger partial charge in [0, 0.05) is 22.8 Å². The lowest BCUT2D eigenvalue weighted by Gasteiger charge is -2.10. The molecular formula is C13H18N2S. The molecule has 0 aliphatic heterocycles. The van der Waals surface area contributed by atoms with Gasteiger partial charge in [0.1, 0.15) is 0 Å². The summed E-state index contributed by atoms with van der Waals surface area (Å²) < 4.78 is 0. The Morgan fingerprint density at radius 2 is 1.25 bits per heavy atom. The van der Waals surface area contributed by atoms with E-state index in [1.807, 2.05) is 0 Å². The monoisotopic (exact) mass is 234 g/mol. The van der Waals surface area contributed by atoms with E-state index < -0.39 is 0 Å². The number of aryl methyl sites for hydroxylation is 4. The highest BCUT2D eigenvalue weighted by Gasteiger charge is 2.17. The molecule has 0 amide bonds. The highest BCUT2D eigenvalue weighted by Crippen LogP contribution is 2.31. The Balaban J connectivity index is 2.42. The second-order valence-electron chi connectivity index (χ2n) is 4.50. The van der Waals surface area contributed by atoms with Crippen LogP contribution in [0.2, 0.25) is 0 Å². The van der Waals surface area contributed by atoms with Crippen molar-refractivity contribution in [3.05, 3.63) is 46.0 Å². The van der Waals surface area contributed by atoms with Crippen molar-refractivity contribution in [3.63, 3.8) is 0 Å². The third kappa shape index (κ3) is 1.92. The van der Waals surface area contributed by atoms with Gasteiger partial charge in [-0.2, -0.15) is 12.6 Å². The Morgan fingerprint density at radius 3 is 1.50 bits per heavy atom. The highest BCUT2D eigenvalue weighted by atomic mass is 32.1. The van der Waals surface area contributed by atoms with E-state index in [1.54, 1.807) is 0 Å². The number of hydrogen-bond acceptors (Lipinski definition) is 1. The minimum Gasteiger partial charge on any atom is -0.361 e.